The van der Waals surface area contributed by atoms with Crippen LogP contribution in [0.4, 0.5) is 0 Å². The van der Waals surface area contributed by atoms with Crippen LogP contribution in [-0.4, -0.2) is 48.7 Å². The Kier molecular flexibility index (Phi) is 3.88. The van der Waals surface area contributed by atoms with E-state index in [0.29, 0.717) is 32.5 Å². The van der Waals surface area contributed by atoms with E-state index in [-0.39, 0.29) is 5.91 Å². The third-order valence-electron chi connectivity index (χ3n) is 2.41. The average Bonchev–Trinajstić information content (AvgIpc) is 2.16. The average molecular weight is 201 g/mol. The van der Waals surface area contributed by atoms with Gasteiger partial charge in [0.05, 0.1) is 12.5 Å². The number of amides is 1. The lowest BCUT2D eigenvalue weighted by Crippen LogP contribution is -2.43. The largest absolute Gasteiger partial charge is 0.481 e. The Labute approximate surface area is 82.6 Å². The summed E-state index contributed by atoms with van der Waals surface area (Å²) in [6.07, 6.45) is 0.790. The number of likely N-dealkylation sites (tertiary alicyclic amines) is 1. The molecule has 1 fully saturated rings. The molecule has 1 amide bonds. The second-order valence-electron chi connectivity index (χ2n) is 3.41. The van der Waals surface area contributed by atoms with Gasteiger partial charge in [0.1, 0.15) is 0 Å². The summed E-state index contributed by atoms with van der Waals surface area (Å²) in [5, 5.41) is 8.80. The van der Waals surface area contributed by atoms with Gasteiger partial charge in [-0.3, -0.25) is 9.59 Å². The number of carboxylic acid groups (broad SMARTS) is 1. The summed E-state index contributed by atoms with van der Waals surface area (Å²) < 4.78 is 4.85. The molecule has 1 aliphatic heterocycles. The molecule has 1 saturated heterocycles. The summed E-state index contributed by atoms with van der Waals surface area (Å²) in [6.45, 7) is 1.26. The van der Waals surface area contributed by atoms with Crippen LogP contribution in [0, 0.1) is 5.92 Å². The standard InChI is InChI=1S/C9H15NO4/c1-14-5-4-10-6-7(9(12)13)2-3-8(10)11/h7H,2-6H2,1H3,(H,12,13)/t7-/m0/s1. The molecule has 0 aromatic heterocycles. The van der Waals surface area contributed by atoms with Crippen molar-refractivity contribution in [3.8, 4) is 0 Å². The van der Waals surface area contributed by atoms with Gasteiger partial charge in [-0.05, 0) is 6.42 Å². The first kappa shape index (κ1) is 11.0. The van der Waals surface area contributed by atoms with Gasteiger partial charge in [-0.1, -0.05) is 0 Å². The summed E-state index contributed by atoms with van der Waals surface area (Å²) in [6, 6.07) is 0. The lowest BCUT2D eigenvalue weighted by Gasteiger charge is -2.30. The number of nitrogens with zero attached hydrogens (tertiary/aromatic N) is 1. The second kappa shape index (κ2) is 4.95. The van der Waals surface area contributed by atoms with Gasteiger partial charge in [-0.2, -0.15) is 0 Å². The molecule has 80 valence electrons. The van der Waals surface area contributed by atoms with Crippen LogP contribution in [0.1, 0.15) is 12.8 Å². The van der Waals surface area contributed by atoms with E-state index >= 15 is 0 Å². The van der Waals surface area contributed by atoms with E-state index in [9.17, 15) is 9.59 Å². The van der Waals surface area contributed by atoms with Crippen molar-refractivity contribution in [3.05, 3.63) is 0 Å². The first-order valence-electron chi connectivity index (χ1n) is 4.64. The van der Waals surface area contributed by atoms with E-state index in [0.717, 1.165) is 0 Å². The van der Waals surface area contributed by atoms with Gasteiger partial charge in [0.25, 0.3) is 0 Å². The Bertz CT molecular complexity index is 229. The zero-order chi connectivity index (χ0) is 10.6. The molecule has 0 unspecified atom stereocenters. The number of carboxylic acids is 1. The number of hydrogen-bond acceptors (Lipinski definition) is 3. The molecular formula is C9H15NO4. The van der Waals surface area contributed by atoms with Crippen molar-refractivity contribution in [3.63, 3.8) is 0 Å². The summed E-state index contributed by atoms with van der Waals surface area (Å²) >= 11 is 0. The molecule has 1 rings (SSSR count). The van der Waals surface area contributed by atoms with Crippen LogP contribution in [0.3, 0.4) is 0 Å². The fourth-order valence-corrected chi connectivity index (χ4v) is 1.53. The Morgan fingerprint density at radius 2 is 2.43 bits per heavy atom. The van der Waals surface area contributed by atoms with Gasteiger partial charge in [-0.15, -0.1) is 0 Å². The van der Waals surface area contributed by atoms with Crippen molar-refractivity contribution in [1.82, 2.24) is 4.90 Å². The van der Waals surface area contributed by atoms with E-state index < -0.39 is 11.9 Å². The highest BCUT2D eigenvalue weighted by atomic mass is 16.5. The number of carbonyl (C=O) groups is 2. The van der Waals surface area contributed by atoms with Crippen LogP contribution in [-0.2, 0) is 14.3 Å². The molecule has 14 heavy (non-hydrogen) atoms. The Morgan fingerprint density at radius 1 is 1.71 bits per heavy atom. The quantitative estimate of drug-likeness (QED) is 0.692. The van der Waals surface area contributed by atoms with Crippen molar-refractivity contribution in [2.75, 3.05) is 26.8 Å². The van der Waals surface area contributed by atoms with Crippen molar-refractivity contribution < 1.29 is 19.4 Å². The number of piperidine rings is 1. The van der Waals surface area contributed by atoms with E-state index in [1.807, 2.05) is 0 Å². The van der Waals surface area contributed by atoms with Gasteiger partial charge < -0.3 is 14.7 Å². The SMILES string of the molecule is COCCN1C[C@@H](C(=O)O)CCC1=O. The van der Waals surface area contributed by atoms with Crippen molar-refractivity contribution in [1.29, 1.82) is 0 Å². The minimum atomic E-state index is -0.820. The molecule has 0 aromatic rings. The van der Waals surface area contributed by atoms with Crippen LogP contribution >= 0.6 is 0 Å². The molecule has 0 radical (unpaired) electrons. The van der Waals surface area contributed by atoms with Gasteiger partial charge in [0.15, 0.2) is 0 Å². The van der Waals surface area contributed by atoms with Gasteiger partial charge in [-0.25, -0.2) is 0 Å². The monoisotopic (exact) mass is 201 g/mol. The van der Waals surface area contributed by atoms with E-state index in [4.69, 9.17) is 9.84 Å². The number of aliphatic carboxylic acids is 1. The Balaban J connectivity index is 2.46. The lowest BCUT2D eigenvalue weighted by atomic mass is 9.98. The zero-order valence-corrected chi connectivity index (χ0v) is 8.23. The molecule has 0 bridgehead atoms. The zero-order valence-electron chi connectivity index (χ0n) is 8.23. The number of methoxy groups -OCH3 is 1. The van der Waals surface area contributed by atoms with E-state index in [1.54, 1.807) is 12.0 Å². The third kappa shape index (κ3) is 2.70. The number of hydrogen-bond donors (Lipinski definition) is 1. The molecule has 0 spiro atoms. The molecule has 1 aliphatic rings. The normalized spacial score (nSPS) is 22.5. The highest BCUT2D eigenvalue weighted by molar-refractivity contribution is 5.80. The highest BCUT2D eigenvalue weighted by Crippen LogP contribution is 2.17. The maximum absolute atomic E-state index is 11.3. The van der Waals surface area contributed by atoms with Crippen molar-refractivity contribution in [2.45, 2.75) is 12.8 Å². The predicted molar refractivity (Wildman–Crippen MR) is 48.8 cm³/mol. The molecule has 0 aliphatic carbocycles. The molecule has 0 aromatic carbocycles. The first-order valence-corrected chi connectivity index (χ1v) is 4.64. The van der Waals surface area contributed by atoms with Crippen LogP contribution in [0.2, 0.25) is 0 Å². The van der Waals surface area contributed by atoms with Gasteiger partial charge >= 0.3 is 5.97 Å². The van der Waals surface area contributed by atoms with E-state index in [1.165, 1.54) is 0 Å². The molecular weight excluding hydrogens is 186 g/mol. The van der Waals surface area contributed by atoms with Crippen molar-refractivity contribution in [2.24, 2.45) is 5.92 Å². The maximum Gasteiger partial charge on any atom is 0.308 e. The first-order chi connectivity index (χ1) is 6.65. The molecule has 5 heteroatoms. The topological polar surface area (TPSA) is 66.8 Å². The number of rotatable bonds is 4. The maximum atomic E-state index is 11.3. The Morgan fingerprint density at radius 3 is 3.00 bits per heavy atom. The molecule has 1 heterocycles. The van der Waals surface area contributed by atoms with Crippen molar-refractivity contribution >= 4 is 11.9 Å². The molecule has 1 N–H and O–H groups in total. The fraction of sp³-hybridized carbons (Fsp3) is 0.778. The molecule has 1 atom stereocenters. The number of ether oxygens (including phenoxy) is 1. The van der Waals surface area contributed by atoms with Crippen LogP contribution < -0.4 is 0 Å². The summed E-state index contributed by atoms with van der Waals surface area (Å²) in [4.78, 5) is 23.6. The third-order valence-corrected chi connectivity index (χ3v) is 2.41. The summed E-state index contributed by atoms with van der Waals surface area (Å²) in [5.74, 6) is -1.20. The molecule has 5 nitrogen and oxygen atoms in total. The minimum absolute atomic E-state index is 0.0274. The second-order valence-corrected chi connectivity index (χ2v) is 3.41. The summed E-state index contributed by atoms with van der Waals surface area (Å²) in [7, 11) is 1.56. The smallest absolute Gasteiger partial charge is 0.308 e. The van der Waals surface area contributed by atoms with E-state index in [2.05, 4.69) is 0 Å². The number of carbonyl (C=O) groups excluding carboxylic acids is 1. The van der Waals surface area contributed by atoms with Gasteiger partial charge in [0, 0.05) is 26.6 Å². The minimum Gasteiger partial charge on any atom is -0.481 e. The predicted octanol–water partition coefficient (Wildman–Crippen LogP) is -0.0440. The van der Waals surface area contributed by atoms with Crippen LogP contribution in [0.25, 0.3) is 0 Å². The lowest BCUT2D eigenvalue weighted by molar-refractivity contribution is -0.147. The highest BCUT2D eigenvalue weighted by Gasteiger charge is 2.29. The van der Waals surface area contributed by atoms with Crippen LogP contribution in [0.15, 0.2) is 0 Å². The molecule has 0 saturated carbocycles. The Hall–Kier alpha value is -1.10. The summed E-state index contributed by atoms with van der Waals surface area (Å²) in [5.41, 5.74) is 0. The fourth-order valence-electron chi connectivity index (χ4n) is 1.53. The van der Waals surface area contributed by atoms with Gasteiger partial charge in [0.2, 0.25) is 5.91 Å². The van der Waals surface area contributed by atoms with Crippen LogP contribution in [0.5, 0.6) is 0 Å².